The molecule has 6 heterocycles. The second-order valence-electron chi connectivity index (χ2n) is 19.8. The van der Waals surface area contributed by atoms with E-state index in [1.165, 1.54) is 5.56 Å². The third kappa shape index (κ3) is 14.8. The zero-order valence-corrected chi connectivity index (χ0v) is 41.7. The summed E-state index contributed by atoms with van der Waals surface area (Å²) in [6, 6.07) is 24.0. The standard InChI is InChI=1S/C54H74N12O5/c1-60(2)53(69)63-36-22-45(23-37-63)24-38-65(57-30-14-43-20-34-62(35-21-43)52(68)47-15-28-56-29-16-47)66(39-25-44-18-32-61(33-19-44)31-17-42-12-26-55-27-13-42)59-49-40-64(50-11-7-6-10-48(50)58-51(49)67)54(70)71-41-46-8-4-3-5-9-46/h3-13,15-16,26-29,43-45,49,57,59H,14,17-25,30-41H2,1-2H3,(H,58,67). The van der Waals surface area contributed by atoms with Crippen molar-refractivity contribution in [3.8, 4) is 0 Å². The molecule has 2 aromatic heterocycles. The van der Waals surface area contributed by atoms with Crippen LogP contribution in [0.15, 0.2) is 104 Å². The molecule has 8 rings (SSSR count). The lowest BCUT2D eigenvalue weighted by Crippen LogP contribution is -2.63. The van der Waals surface area contributed by atoms with Gasteiger partial charge in [-0.05, 0) is 143 Å². The number of aromatic nitrogens is 2. The van der Waals surface area contributed by atoms with Gasteiger partial charge in [0.25, 0.3) is 5.91 Å². The van der Waals surface area contributed by atoms with E-state index in [0.717, 1.165) is 102 Å². The number of piperidine rings is 3. The zero-order valence-electron chi connectivity index (χ0n) is 41.7. The summed E-state index contributed by atoms with van der Waals surface area (Å²) in [5.74, 6) is 1.16. The minimum absolute atomic E-state index is 0.0474. The van der Waals surface area contributed by atoms with Gasteiger partial charge in [0.2, 0.25) is 5.91 Å². The van der Waals surface area contributed by atoms with E-state index in [4.69, 9.17) is 4.74 Å². The Bertz CT molecular complexity index is 2290. The molecule has 1 unspecified atom stereocenters. The maximum atomic E-state index is 14.4. The van der Waals surface area contributed by atoms with E-state index in [0.29, 0.717) is 67.4 Å². The fourth-order valence-corrected chi connectivity index (χ4v) is 10.3. The molecular formula is C54H74N12O5. The van der Waals surface area contributed by atoms with Crippen LogP contribution in [0.1, 0.15) is 79.3 Å². The Morgan fingerprint density at radius 3 is 1.96 bits per heavy atom. The van der Waals surface area contributed by atoms with Crippen LogP contribution in [0, 0.1) is 17.8 Å². The number of nitrogens with zero attached hydrogens (tertiary/aromatic N) is 9. The fourth-order valence-electron chi connectivity index (χ4n) is 10.3. The van der Waals surface area contributed by atoms with Crippen LogP contribution >= 0.6 is 0 Å². The highest BCUT2D eigenvalue weighted by molar-refractivity contribution is 6.04. The number of urea groups is 1. The average molecular weight is 971 g/mol. The number of nitrogens with one attached hydrogen (secondary N) is 3. The van der Waals surface area contributed by atoms with Gasteiger partial charge in [0.1, 0.15) is 12.6 Å². The summed E-state index contributed by atoms with van der Waals surface area (Å²) in [7, 11) is 3.61. The molecule has 3 fully saturated rings. The number of ether oxygens (including phenoxy) is 1. The molecular weight excluding hydrogens is 897 g/mol. The normalized spacial score (nSPS) is 18.6. The number of amides is 5. The number of para-hydroxylation sites is 2. The topological polar surface area (TPSA) is 162 Å². The lowest BCUT2D eigenvalue weighted by Gasteiger charge is -2.41. The lowest BCUT2D eigenvalue weighted by atomic mass is 9.93. The number of anilines is 2. The molecule has 0 radical (unpaired) electrons. The van der Waals surface area contributed by atoms with Crippen molar-refractivity contribution in [2.24, 2.45) is 17.8 Å². The number of hydrogen-bond acceptors (Lipinski definition) is 12. The first-order valence-corrected chi connectivity index (χ1v) is 25.9. The molecule has 0 aliphatic carbocycles. The highest BCUT2D eigenvalue weighted by Crippen LogP contribution is 2.30. The minimum Gasteiger partial charge on any atom is -0.444 e. The van der Waals surface area contributed by atoms with E-state index in [1.807, 2.05) is 76.8 Å². The van der Waals surface area contributed by atoms with E-state index < -0.39 is 12.1 Å². The number of carbonyl (C=O) groups is 4. The molecule has 380 valence electrons. The number of likely N-dealkylation sites (tertiary alicyclic amines) is 3. The summed E-state index contributed by atoms with van der Waals surface area (Å²) in [6.07, 6.45) is 16.1. The van der Waals surface area contributed by atoms with Crippen LogP contribution in [0.4, 0.5) is 21.0 Å². The van der Waals surface area contributed by atoms with Gasteiger partial charge >= 0.3 is 12.1 Å². The summed E-state index contributed by atoms with van der Waals surface area (Å²) < 4.78 is 5.91. The van der Waals surface area contributed by atoms with Crippen molar-refractivity contribution in [3.05, 3.63) is 120 Å². The number of pyridine rings is 2. The molecule has 5 amide bonds. The highest BCUT2D eigenvalue weighted by Gasteiger charge is 2.35. The Morgan fingerprint density at radius 2 is 1.28 bits per heavy atom. The third-order valence-electron chi connectivity index (χ3n) is 14.8. The van der Waals surface area contributed by atoms with Gasteiger partial charge in [-0.1, -0.05) is 42.5 Å². The van der Waals surface area contributed by atoms with Gasteiger partial charge < -0.3 is 29.7 Å². The van der Waals surface area contributed by atoms with E-state index in [-0.39, 0.29) is 31.0 Å². The first-order chi connectivity index (χ1) is 34.7. The number of hydrazine groups is 3. The lowest BCUT2D eigenvalue weighted by molar-refractivity contribution is -0.137. The van der Waals surface area contributed by atoms with Crippen molar-refractivity contribution >= 4 is 35.3 Å². The van der Waals surface area contributed by atoms with E-state index >= 15 is 0 Å². The summed E-state index contributed by atoms with van der Waals surface area (Å²) in [4.78, 5) is 72.5. The second-order valence-corrected chi connectivity index (χ2v) is 19.8. The quantitative estimate of drug-likeness (QED) is 0.0873. The van der Waals surface area contributed by atoms with E-state index in [9.17, 15) is 19.2 Å². The van der Waals surface area contributed by atoms with Crippen LogP contribution in [0.25, 0.3) is 0 Å². The first-order valence-electron chi connectivity index (χ1n) is 25.9. The second kappa shape index (κ2) is 25.9. The first kappa shape index (κ1) is 51.4. The van der Waals surface area contributed by atoms with Crippen molar-refractivity contribution in [1.82, 2.24) is 50.7 Å². The molecule has 1 atom stereocenters. The molecule has 0 saturated carbocycles. The van der Waals surface area contributed by atoms with Gasteiger partial charge in [-0.15, -0.1) is 0 Å². The van der Waals surface area contributed by atoms with Crippen molar-refractivity contribution < 1.29 is 23.9 Å². The smallest absolute Gasteiger partial charge is 0.414 e. The predicted octanol–water partition coefficient (Wildman–Crippen LogP) is 6.54. The molecule has 4 aliphatic rings. The predicted molar refractivity (Wildman–Crippen MR) is 275 cm³/mol. The molecule has 2 aromatic carbocycles. The van der Waals surface area contributed by atoms with Gasteiger partial charge in [-0.2, -0.15) is 10.2 Å². The summed E-state index contributed by atoms with van der Waals surface area (Å²) in [5.41, 5.74) is 11.5. The minimum atomic E-state index is -0.825. The third-order valence-corrected chi connectivity index (χ3v) is 14.8. The molecule has 17 heteroatoms. The summed E-state index contributed by atoms with van der Waals surface area (Å²) in [6.45, 7) is 8.12. The van der Waals surface area contributed by atoms with Crippen LogP contribution in [-0.4, -0.2) is 156 Å². The van der Waals surface area contributed by atoms with E-state index in [1.54, 1.807) is 48.4 Å². The SMILES string of the molecule is CN(C)C(=O)N1CCC(CCN(NCCC2CCN(C(=O)c3ccncc3)CC2)N(CCC2CCN(CCc3ccncc3)CC2)NC2CN(C(=O)OCc3ccccc3)c3ccccc3NC2=O)CC1. The molecule has 3 saturated heterocycles. The van der Waals surface area contributed by atoms with Gasteiger partial charge in [0.15, 0.2) is 0 Å². The highest BCUT2D eigenvalue weighted by atomic mass is 16.6. The molecule has 3 N–H and O–H groups in total. The molecule has 0 bridgehead atoms. The molecule has 17 nitrogen and oxygen atoms in total. The number of carbonyl (C=O) groups excluding carboxylic acids is 4. The molecule has 4 aliphatic heterocycles. The van der Waals surface area contributed by atoms with Gasteiger partial charge in [-0.25, -0.2) is 20.4 Å². The number of benzene rings is 2. The van der Waals surface area contributed by atoms with Gasteiger partial charge in [0.05, 0.1) is 17.9 Å². The maximum absolute atomic E-state index is 14.4. The summed E-state index contributed by atoms with van der Waals surface area (Å²) in [5, 5.41) is 7.43. The number of hydrogen-bond donors (Lipinski definition) is 3. The molecule has 0 spiro atoms. The van der Waals surface area contributed by atoms with Crippen LogP contribution < -0.4 is 21.1 Å². The van der Waals surface area contributed by atoms with Crippen molar-refractivity contribution in [1.29, 1.82) is 0 Å². The Balaban J connectivity index is 0.981. The largest absolute Gasteiger partial charge is 0.444 e. The van der Waals surface area contributed by atoms with Crippen molar-refractivity contribution in [3.63, 3.8) is 0 Å². The zero-order chi connectivity index (χ0) is 49.4. The Hall–Kier alpha value is -5.98. The van der Waals surface area contributed by atoms with Gasteiger partial charge in [0, 0.05) is 96.8 Å². The van der Waals surface area contributed by atoms with Crippen LogP contribution in [0.3, 0.4) is 0 Å². The van der Waals surface area contributed by atoms with Crippen molar-refractivity contribution in [2.45, 2.75) is 76.9 Å². The summed E-state index contributed by atoms with van der Waals surface area (Å²) >= 11 is 0. The Morgan fingerprint density at radius 1 is 0.690 bits per heavy atom. The Kier molecular flexibility index (Phi) is 18.8. The van der Waals surface area contributed by atoms with Gasteiger partial charge in [-0.3, -0.25) is 24.5 Å². The maximum Gasteiger partial charge on any atom is 0.414 e. The van der Waals surface area contributed by atoms with E-state index in [2.05, 4.69) is 53.4 Å². The number of fused-ring (bicyclic) bond motifs is 1. The molecule has 4 aromatic rings. The van der Waals surface area contributed by atoms with Crippen molar-refractivity contribution in [2.75, 3.05) is 96.3 Å². The fraction of sp³-hybridized carbons (Fsp3) is 0.519. The monoisotopic (exact) mass is 971 g/mol. The van der Waals surface area contributed by atoms with Crippen LogP contribution in [-0.2, 0) is 22.6 Å². The van der Waals surface area contributed by atoms with Crippen LogP contribution in [0.5, 0.6) is 0 Å². The number of rotatable bonds is 19. The molecule has 71 heavy (non-hydrogen) atoms. The average Bonchev–Trinajstić information content (AvgIpc) is 3.55. The Labute approximate surface area is 419 Å². The van der Waals surface area contributed by atoms with Crippen LogP contribution in [0.2, 0.25) is 0 Å².